The Kier molecular flexibility index (Phi) is 2.33. The minimum absolute atomic E-state index is 0.896. The second-order valence-electron chi connectivity index (χ2n) is 3.72. The maximum atomic E-state index is 4.62. The van der Waals surface area contributed by atoms with Gasteiger partial charge >= 0.3 is 0 Å². The van der Waals surface area contributed by atoms with Gasteiger partial charge in [-0.15, -0.1) is 0 Å². The zero-order valence-corrected chi connectivity index (χ0v) is 10.1. The number of halogens is 1. The molecule has 1 aliphatic heterocycles. The number of hydrogen-bond acceptors (Lipinski definition) is 2. The quantitative estimate of drug-likeness (QED) is 0.769. The number of nitrogens with zero attached hydrogens (tertiary/aromatic N) is 2. The average molecular weight is 273 g/mol. The van der Waals surface area contributed by atoms with E-state index < -0.39 is 0 Å². The zero-order chi connectivity index (χ0) is 11.0. The summed E-state index contributed by atoms with van der Waals surface area (Å²) in [5, 5.41) is 0. The van der Waals surface area contributed by atoms with Crippen LogP contribution in [0.5, 0.6) is 0 Å². The predicted octanol–water partition coefficient (Wildman–Crippen LogP) is 3.49. The van der Waals surface area contributed by atoms with Crippen molar-refractivity contribution in [3.05, 3.63) is 58.4 Å². The lowest BCUT2D eigenvalue weighted by molar-refractivity contribution is 1.30. The number of allylic oxidation sites excluding steroid dienone is 5. The van der Waals surface area contributed by atoms with Gasteiger partial charge in [-0.05, 0) is 29.9 Å². The molecule has 0 N–H and O–H groups in total. The molecule has 0 saturated heterocycles. The smallest absolute Gasteiger partial charge is 0.0727 e. The molecule has 0 fully saturated rings. The molecular weight excluding hydrogens is 264 g/mol. The van der Waals surface area contributed by atoms with E-state index in [-0.39, 0.29) is 0 Å². The van der Waals surface area contributed by atoms with E-state index in [4.69, 9.17) is 0 Å². The Morgan fingerprint density at radius 2 is 2.19 bits per heavy atom. The summed E-state index contributed by atoms with van der Waals surface area (Å²) in [6, 6.07) is 3.96. The van der Waals surface area contributed by atoms with E-state index in [9.17, 15) is 0 Å². The monoisotopic (exact) mass is 272 g/mol. The molecule has 78 valence electrons. The van der Waals surface area contributed by atoms with Crippen molar-refractivity contribution in [3.8, 4) is 0 Å². The molecule has 0 bridgehead atoms. The standard InChI is InChI=1S/C13H9BrN2/c14-11-3-4-12-10(6-11)7-13(16-12)9-2-1-5-15-8-9/h1-3,5-8H,4H2. The second kappa shape index (κ2) is 3.83. The Balaban J connectivity index is 2.01. The van der Waals surface area contributed by atoms with Gasteiger partial charge in [0.05, 0.1) is 11.4 Å². The van der Waals surface area contributed by atoms with Crippen LogP contribution in [0.1, 0.15) is 12.0 Å². The Morgan fingerprint density at radius 1 is 1.25 bits per heavy atom. The number of rotatable bonds is 1. The minimum atomic E-state index is 0.896. The van der Waals surface area contributed by atoms with Gasteiger partial charge in [-0.3, -0.25) is 9.98 Å². The number of fused-ring (bicyclic) bond motifs is 1. The van der Waals surface area contributed by atoms with Crippen molar-refractivity contribution in [2.45, 2.75) is 6.42 Å². The van der Waals surface area contributed by atoms with Crippen molar-refractivity contribution in [2.75, 3.05) is 0 Å². The van der Waals surface area contributed by atoms with Crippen molar-refractivity contribution in [2.24, 2.45) is 4.99 Å². The molecular formula is C13H9BrN2. The first-order valence-electron chi connectivity index (χ1n) is 5.10. The molecule has 0 radical (unpaired) electrons. The number of aliphatic imine (C=N–C) groups is 1. The van der Waals surface area contributed by atoms with Crippen molar-refractivity contribution < 1.29 is 0 Å². The van der Waals surface area contributed by atoms with Crippen LogP contribution in [-0.2, 0) is 0 Å². The SMILES string of the molecule is BrC1=CCC2=NC(c3cccnc3)=CC2=C1. The average Bonchev–Trinajstić information content (AvgIpc) is 2.73. The van der Waals surface area contributed by atoms with Gasteiger partial charge in [0.15, 0.2) is 0 Å². The summed E-state index contributed by atoms with van der Waals surface area (Å²) in [7, 11) is 0. The number of aromatic nitrogens is 1. The minimum Gasteiger partial charge on any atom is -0.264 e. The summed E-state index contributed by atoms with van der Waals surface area (Å²) >= 11 is 3.49. The summed E-state index contributed by atoms with van der Waals surface area (Å²) in [4.78, 5) is 8.73. The second-order valence-corrected chi connectivity index (χ2v) is 4.64. The van der Waals surface area contributed by atoms with Crippen LogP contribution in [0.2, 0.25) is 0 Å². The van der Waals surface area contributed by atoms with E-state index in [2.05, 4.69) is 44.1 Å². The Morgan fingerprint density at radius 3 is 3.00 bits per heavy atom. The largest absolute Gasteiger partial charge is 0.264 e. The van der Waals surface area contributed by atoms with Gasteiger partial charge in [0.25, 0.3) is 0 Å². The molecule has 0 unspecified atom stereocenters. The van der Waals surface area contributed by atoms with Crippen LogP contribution in [0.3, 0.4) is 0 Å². The Labute approximate surface area is 102 Å². The molecule has 2 nitrogen and oxygen atoms in total. The Bertz CT molecular complexity index is 551. The third-order valence-electron chi connectivity index (χ3n) is 2.62. The van der Waals surface area contributed by atoms with E-state index in [1.54, 1.807) is 6.20 Å². The van der Waals surface area contributed by atoms with Gasteiger partial charge in [-0.1, -0.05) is 22.0 Å². The maximum absolute atomic E-state index is 4.62. The molecule has 1 aliphatic carbocycles. The summed E-state index contributed by atoms with van der Waals surface area (Å²) in [5.41, 5.74) is 4.42. The lowest BCUT2D eigenvalue weighted by atomic mass is 10.0. The summed E-state index contributed by atoms with van der Waals surface area (Å²) < 4.78 is 1.13. The van der Waals surface area contributed by atoms with Crippen LogP contribution in [0.25, 0.3) is 5.70 Å². The molecule has 0 amide bonds. The van der Waals surface area contributed by atoms with Crippen molar-refractivity contribution in [3.63, 3.8) is 0 Å². The topological polar surface area (TPSA) is 25.2 Å². The third kappa shape index (κ3) is 1.67. The van der Waals surface area contributed by atoms with Crippen molar-refractivity contribution in [1.29, 1.82) is 0 Å². The highest BCUT2D eigenvalue weighted by Gasteiger charge is 2.17. The normalized spacial score (nSPS) is 18.3. The van der Waals surface area contributed by atoms with E-state index >= 15 is 0 Å². The molecule has 2 heterocycles. The van der Waals surface area contributed by atoms with Gasteiger partial charge < -0.3 is 0 Å². The first-order chi connectivity index (χ1) is 7.83. The van der Waals surface area contributed by atoms with Crippen molar-refractivity contribution >= 4 is 27.3 Å². The lowest BCUT2D eigenvalue weighted by Gasteiger charge is -2.04. The third-order valence-corrected chi connectivity index (χ3v) is 3.17. The van der Waals surface area contributed by atoms with Gasteiger partial charge in [0.1, 0.15) is 0 Å². The van der Waals surface area contributed by atoms with Crippen LogP contribution in [0.4, 0.5) is 0 Å². The molecule has 2 aliphatic rings. The number of pyridine rings is 1. The summed E-state index contributed by atoms with van der Waals surface area (Å²) in [6.45, 7) is 0. The lowest BCUT2D eigenvalue weighted by Crippen LogP contribution is -1.99. The highest BCUT2D eigenvalue weighted by Crippen LogP contribution is 2.30. The van der Waals surface area contributed by atoms with Crippen LogP contribution in [0, 0.1) is 0 Å². The molecule has 16 heavy (non-hydrogen) atoms. The summed E-state index contributed by atoms with van der Waals surface area (Å²) in [5.74, 6) is 0. The molecule has 3 rings (SSSR count). The van der Waals surface area contributed by atoms with Gasteiger partial charge in [0.2, 0.25) is 0 Å². The predicted molar refractivity (Wildman–Crippen MR) is 69.4 cm³/mol. The zero-order valence-electron chi connectivity index (χ0n) is 8.52. The fourth-order valence-corrected chi connectivity index (χ4v) is 2.23. The highest BCUT2D eigenvalue weighted by atomic mass is 79.9. The molecule has 1 aromatic rings. The van der Waals surface area contributed by atoms with Gasteiger partial charge in [-0.2, -0.15) is 0 Å². The van der Waals surface area contributed by atoms with Crippen molar-refractivity contribution in [1.82, 2.24) is 4.98 Å². The van der Waals surface area contributed by atoms with E-state index in [1.165, 1.54) is 5.57 Å². The highest BCUT2D eigenvalue weighted by molar-refractivity contribution is 9.11. The van der Waals surface area contributed by atoms with E-state index in [0.29, 0.717) is 0 Å². The maximum Gasteiger partial charge on any atom is 0.0727 e. The fraction of sp³-hybridized carbons (Fsp3) is 0.0769. The van der Waals surface area contributed by atoms with Crippen LogP contribution in [0.15, 0.2) is 57.8 Å². The van der Waals surface area contributed by atoms with E-state index in [0.717, 1.165) is 27.9 Å². The molecule has 0 aromatic carbocycles. The fourth-order valence-electron chi connectivity index (χ4n) is 1.83. The van der Waals surface area contributed by atoms with E-state index in [1.807, 2.05) is 18.3 Å². The van der Waals surface area contributed by atoms with Crippen LogP contribution < -0.4 is 0 Å². The number of hydrogen-bond donors (Lipinski definition) is 0. The molecule has 1 aromatic heterocycles. The van der Waals surface area contributed by atoms with Crippen LogP contribution in [-0.4, -0.2) is 10.7 Å². The van der Waals surface area contributed by atoms with Gasteiger partial charge in [-0.25, -0.2) is 0 Å². The summed E-state index contributed by atoms with van der Waals surface area (Å²) in [6.07, 6.45) is 10.9. The van der Waals surface area contributed by atoms with Crippen LogP contribution >= 0.6 is 15.9 Å². The molecule has 0 saturated carbocycles. The first kappa shape index (κ1) is 9.73. The first-order valence-corrected chi connectivity index (χ1v) is 5.89. The van der Waals surface area contributed by atoms with Gasteiger partial charge in [0, 0.05) is 28.9 Å². The Hall–Kier alpha value is -1.48. The molecule has 0 atom stereocenters. The molecule has 0 spiro atoms. The molecule has 3 heteroatoms.